The molecule has 0 aliphatic rings. The van der Waals surface area contributed by atoms with Gasteiger partial charge in [-0.25, -0.2) is 4.98 Å². The molecule has 8 heteroatoms. The van der Waals surface area contributed by atoms with Crippen molar-refractivity contribution in [2.75, 3.05) is 11.9 Å². The minimum atomic E-state index is -4.60. The summed E-state index contributed by atoms with van der Waals surface area (Å²) in [6.07, 6.45) is -1.77. The summed E-state index contributed by atoms with van der Waals surface area (Å²) >= 11 is 0. The van der Waals surface area contributed by atoms with E-state index in [9.17, 15) is 22.8 Å². The van der Waals surface area contributed by atoms with E-state index < -0.39 is 23.6 Å². The summed E-state index contributed by atoms with van der Waals surface area (Å²) in [4.78, 5) is 28.3. The van der Waals surface area contributed by atoms with E-state index in [0.717, 1.165) is 31.4 Å². The maximum absolute atomic E-state index is 13.0. The number of aromatic nitrogens is 1. The molecule has 1 heterocycles. The van der Waals surface area contributed by atoms with Crippen LogP contribution in [0.5, 0.6) is 0 Å². The Hall–Kier alpha value is -2.90. The van der Waals surface area contributed by atoms with Crippen molar-refractivity contribution in [3.8, 4) is 0 Å². The number of nitrogens with zero attached hydrogens (tertiary/aromatic N) is 1. The number of alkyl halides is 3. The van der Waals surface area contributed by atoms with Crippen LogP contribution in [0.2, 0.25) is 0 Å². The van der Waals surface area contributed by atoms with Gasteiger partial charge >= 0.3 is 6.18 Å². The first kappa shape index (κ1) is 20.4. The van der Waals surface area contributed by atoms with Crippen LogP contribution in [0, 0.1) is 0 Å². The molecule has 0 bridgehead atoms. The maximum Gasteiger partial charge on any atom is 0.418 e. The van der Waals surface area contributed by atoms with E-state index in [1.54, 1.807) is 0 Å². The van der Waals surface area contributed by atoms with Gasteiger partial charge in [-0.2, -0.15) is 13.2 Å². The number of amides is 2. The Labute approximate surface area is 155 Å². The van der Waals surface area contributed by atoms with Crippen molar-refractivity contribution in [2.45, 2.75) is 32.4 Å². The Morgan fingerprint density at radius 2 is 1.63 bits per heavy atom. The number of nitrogens with one attached hydrogen (secondary N) is 2. The molecule has 0 fully saturated rings. The predicted molar refractivity (Wildman–Crippen MR) is 95.5 cm³/mol. The molecule has 27 heavy (non-hydrogen) atoms. The minimum Gasteiger partial charge on any atom is -0.351 e. The van der Waals surface area contributed by atoms with Crippen LogP contribution in [-0.2, 0) is 6.18 Å². The van der Waals surface area contributed by atoms with Gasteiger partial charge in [0.1, 0.15) is 11.4 Å². The quantitative estimate of drug-likeness (QED) is 0.706. The molecule has 0 atom stereocenters. The molecule has 0 aliphatic heterocycles. The van der Waals surface area contributed by atoms with Gasteiger partial charge in [0.2, 0.25) is 0 Å². The van der Waals surface area contributed by atoms with E-state index in [1.165, 1.54) is 30.3 Å². The maximum atomic E-state index is 13.0. The largest absolute Gasteiger partial charge is 0.418 e. The van der Waals surface area contributed by atoms with Crippen molar-refractivity contribution in [1.82, 2.24) is 10.3 Å². The van der Waals surface area contributed by atoms with E-state index in [-0.39, 0.29) is 17.1 Å². The number of carbonyl (C=O) groups excluding carboxylic acids is 2. The lowest BCUT2D eigenvalue weighted by Crippen LogP contribution is -2.26. The average Bonchev–Trinajstić information content (AvgIpc) is 2.64. The topological polar surface area (TPSA) is 71.1 Å². The second-order valence-corrected chi connectivity index (χ2v) is 5.87. The number of halogens is 3. The molecule has 1 aromatic carbocycles. The highest BCUT2D eigenvalue weighted by Gasteiger charge is 2.33. The molecule has 2 N–H and O–H groups in total. The minimum absolute atomic E-state index is 0.0308. The number of hydrogen-bond donors (Lipinski definition) is 2. The summed E-state index contributed by atoms with van der Waals surface area (Å²) in [6.45, 7) is 2.53. The third-order valence-electron chi connectivity index (χ3n) is 3.76. The summed E-state index contributed by atoms with van der Waals surface area (Å²) in [7, 11) is 0. The van der Waals surface area contributed by atoms with Gasteiger partial charge in [0.05, 0.1) is 11.3 Å². The molecule has 144 valence electrons. The zero-order valence-electron chi connectivity index (χ0n) is 14.8. The Morgan fingerprint density at radius 1 is 0.963 bits per heavy atom. The Kier molecular flexibility index (Phi) is 6.92. The van der Waals surface area contributed by atoms with E-state index in [1.807, 2.05) is 6.92 Å². The molecule has 2 amide bonds. The van der Waals surface area contributed by atoms with Crippen LogP contribution in [0.3, 0.4) is 0 Å². The molecule has 0 radical (unpaired) electrons. The number of pyridine rings is 1. The number of anilines is 1. The summed E-state index contributed by atoms with van der Waals surface area (Å²) in [5.74, 6) is -1.26. The van der Waals surface area contributed by atoms with Crippen LogP contribution in [0.15, 0.2) is 42.5 Å². The molecule has 2 aromatic rings. The van der Waals surface area contributed by atoms with Crippen LogP contribution in [-0.4, -0.2) is 23.3 Å². The molecule has 2 rings (SSSR count). The SMILES string of the molecule is CCCCCNC(=O)c1cccc(C(=O)Nc2ccccc2C(F)(F)F)n1. The Morgan fingerprint density at radius 3 is 2.30 bits per heavy atom. The molecule has 0 saturated heterocycles. The summed E-state index contributed by atoms with van der Waals surface area (Å²) < 4.78 is 39.1. The smallest absolute Gasteiger partial charge is 0.351 e. The number of benzene rings is 1. The second kappa shape index (κ2) is 9.16. The lowest BCUT2D eigenvalue weighted by atomic mass is 10.1. The molecule has 0 saturated carbocycles. The van der Waals surface area contributed by atoms with Crippen molar-refractivity contribution in [3.63, 3.8) is 0 Å². The molecule has 5 nitrogen and oxygen atoms in total. The van der Waals surface area contributed by atoms with E-state index in [0.29, 0.717) is 6.54 Å². The highest BCUT2D eigenvalue weighted by molar-refractivity contribution is 6.04. The highest BCUT2D eigenvalue weighted by Crippen LogP contribution is 2.34. The van der Waals surface area contributed by atoms with Crippen molar-refractivity contribution < 1.29 is 22.8 Å². The molecule has 1 aromatic heterocycles. The lowest BCUT2D eigenvalue weighted by Gasteiger charge is -2.13. The molecular formula is C19H20F3N3O2. The van der Waals surface area contributed by atoms with Crippen LogP contribution in [0.25, 0.3) is 0 Å². The van der Waals surface area contributed by atoms with Gasteiger partial charge in [0.15, 0.2) is 0 Å². The second-order valence-electron chi connectivity index (χ2n) is 5.87. The van der Waals surface area contributed by atoms with E-state index in [4.69, 9.17) is 0 Å². The number of unbranched alkanes of at least 4 members (excludes halogenated alkanes) is 2. The van der Waals surface area contributed by atoms with E-state index >= 15 is 0 Å². The van der Waals surface area contributed by atoms with Gasteiger partial charge in [-0.3, -0.25) is 9.59 Å². The number of hydrogen-bond acceptors (Lipinski definition) is 3. The number of para-hydroxylation sites is 1. The predicted octanol–water partition coefficient (Wildman–Crippen LogP) is 4.27. The van der Waals surface area contributed by atoms with Gasteiger partial charge in [-0.15, -0.1) is 0 Å². The number of rotatable bonds is 7. The Bertz CT molecular complexity index is 807. The van der Waals surface area contributed by atoms with Gasteiger partial charge in [-0.1, -0.05) is 38.0 Å². The lowest BCUT2D eigenvalue weighted by molar-refractivity contribution is -0.136. The van der Waals surface area contributed by atoms with Gasteiger partial charge in [0, 0.05) is 6.54 Å². The fourth-order valence-electron chi connectivity index (χ4n) is 2.38. The van der Waals surface area contributed by atoms with Crippen molar-refractivity contribution >= 4 is 17.5 Å². The van der Waals surface area contributed by atoms with Gasteiger partial charge < -0.3 is 10.6 Å². The first-order valence-corrected chi connectivity index (χ1v) is 8.55. The third kappa shape index (κ3) is 5.80. The van der Waals surface area contributed by atoms with E-state index in [2.05, 4.69) is 15.6 Å². The van der Waals surface area contributed by atoms with Crippen LogP contribution < -0.4 is 10.6 Å². The van der Waals surface area contributed by atoms with Crippen LogP contribution in [0.4, 0.5) is 18.9 Å². The van der Waals surface area contributed by atoms with Crippen molar-refractivity contribution in [3.05, 3.63) is 59.4 Å². The molecular weight excluding hydrogens is 359 g/mol. The van der Waals surface area contributed by atoms with Crippen LogP contribution in [0.1, 0.15) is 52.7 Å². The fraction of sp³-hybridized carbons (Fsp3) is 0.316. The fourth-order valence-corrected chi connectivity index (χ4v) is 2.38. The average molecular weight is 379 g/mol. The normalized spacial score (nSPS) is 11.1. The Balaban J connectivity index is 2.11. The summed E-state index contributed by atoms with van der Waals surface area (Å²) in [5.41, 5.74) is -1.44. The summed E-state index contributed by atoms with van der Waals surface area (Å²) in [6, 6.07) is 8.89. The highest BCUT2D eigenvalue weighted by atomic mass is 19.4. The van der Waals surface area contributed by atoms with Crippen LogP contribution >= 0.6 is 0 Å². The molecule has 0 aliphatic carbocycles. The zero-order valence-corrected chi connectivity index (χ0v) is 14.8. The van der Waals surface area contributed by atoms with Crippen molar-refractivity contribution in [1.29, 1.82) is 0 Å². The van der Waals surface area contributed by atoms with Gasteiger partial charge in [0.25, 0.3) is 11.8 Å². The van der Waals surface area contributed by atoms with Gasteiger partial charge in [-0.05, 0) is 30.7 Å². The first-order valence-electron chi connectivity index (χ1n) is 8.55. The summed E-state index contributed by atoms with van der Waals surface area (Å²) in [5, 5.41) is 4.90. The standard InChI is InChI=1S/C19H20F3N3O2/c1-2-3-6-12-23-17(26)15-10-7-11-16(24-15)18(27)25-14-9-5-4-8-13(14)19(20,21)22/h4-5,7-11H,2-3,6,12H2,1H3,(H,23,26)(H,25,27). The molecule has 0 spiro atoms. The monoisotopic (exact) mass is 379 g/mol. The third-order valence-corrected chi connectivity index (χ3v) is 3.76. The van der Waals surface area contributed by atoms with Crippen molar-refractivity contribution in [2.24, 2.45) is 0 Å². The number of carbonyl (C=O) groups is 2. The molecule has 0 unspecified atom stereocenters. The zero-order chi connectivity index (χ0) is 19.9. The first-order chi connectivity index (χ1) is 12.8.